The number of hydrogen-bond donors (Lipinski definition) is 2. The Bertz CT molecular complexity index is 173. The van der Waals surface area contributed by atoms with Crippen LogP contribution in [-0.2, 0) is 0 Å². The molecule has 13 heavy (non-hydrogen) atoms. The summed E-state index contributed by atoms with van der Waals surface area (Å²) in [5.74, 6) is 0. The predicted octanol–water partition coefficient (Wildman–Crippen LogP) is 0.0321. The van der Waals surface area contributed by atoms with Crippen molar-refractivity contribution in [2.75, 3.05) is 32.7 Å². The van der Waals surface area contributed by atoms with Gasteiger partial charge in [0.25, 0.3) is 0 Å². The van der Waals surface area contributed by atoms with Gasteiger partial charge in [-0.25, -0.2) is 0 Å². The van der Waals surface area contributed by atoms with Crippen LogP contribution in [0.1, 0.15) is 20.3 Å². The smallest absolute Gasteiger partial charge is 0.0447 e. The summed E-state index contributed by atoms with van der Waals surface area (Å²) in [6, 6.07) is 0.697. The van der Waals surface area contributed by atoms with Crippen LogP contribution in [0.3, 0.4) is 0 Å². The van der Waals surface area contributed by atoms with Gasteiger partial charge < -0.3 is 10.6 Å². The van der Waals surface area contributed by atoms with E-state index in [4.69, 9.17) is 0 Å². The summed E-state index contributed by atoms with van der Waals surface area (Å²) >= 11 is 0. The van der Waals surface area contributed by atoms with E-state index in [0.29, 0.717) is 11.6 Å². The standard InChI is InChI=1S/C10H21N3/c1-9(2)13-6-3-10(8-13)7-11-4-5-12-10/h9,11-12H,3-8H2,1-2H3. The van der Waals surface area contributed by atoms with Gasteiger partial charge in [0.05, 0.1) is 0 Å². The molecule has 0 aliphatic carbocycles. The summed E-state index contributed by atoms with van der Waals surface area (Å²) in [7, 11) is 0. The summed E-state index contributed by atoms with van der Waals surface area (Å²) in [5.41, 5.74) is 0.391. The van der Waals surface area contributed by atoms with Gasteiger partial charge in [-0.3, -0.25) is 4.90 Å². The fraction of sp³-hybridized carbons (Fsp3) is 1.00. The Labute approximate surface area is 80.9 Å². The fourth-order valence-electron chi connectivity index (χ4n) is 2.44. The van der Waals surface area contributed by atoms with E-state index >= 15 is 0 Å². The van der Waals surface area contributed by atoms with Crippen LogP contribution in [0.4, 0.5) is 0 Å². The lowest BCUT2D eigenvalue weighted by molar-refractivity contribution is 0.223. The van der Waals surface area contributed by atoms with E-state index in [1.54, 1.807) is 0 Å². The number of piperazine rings is 1. The molecular weight excluding hydrogens is 162 g/mol. The molecule has 2 heterocycles. The first-order valence-corrected chi connectivity index (χ1v) is 5.42. The molecule has 0 saturated carbocycles. The van der Waals surface area contributed by atoms with Gasteiger partial charge in [0.1, 0.15) is 0 Å². The highest BCUT2D eigenvalue weighted by molar-refractivity contribution is 5.01. The van der Waals surface area contributed by atoms with Crippen molar-refractivity contribution in [3.8, 4) is 0 Å². The minimum Gasteiger partial charge on any atom is -0.314 e. The average Bonchev–Trinajstić information content (AvgIpc) is 2.51. The predicted molar refractivity (Wildman–Crippen MR) is 54.9 cm³/mol. The average molecular weight is 183 g/mol. The molecule has 3 nitrogen and oxygen atoms in total. The highest BCUT2D eigenvalue weighted by atomic mass is 15.3. The Morgan fingerprint density at radius 3 is 2.69 bits per heavy atom. The first-order chi connectivity index (χ1) is 6.22. The van der Waals surface area contributed by atoms with Crippen molar-refractivity contribution in [2.45, 2.75) is 31.8 Å². The normalized spacial score (nSPS) is 36.2. The topological polar surface area (TPSA) is 27.3 Å². The minimum absolute atomic E-state index is 0.391. The molecule has 2 fully saturated rings. The Morgan fingerprint density at radius 1 is 1.31 bits per heavy atom. The van der Waals surface area contributed by atoms with Crippen molar-refractivity contribution in [1.29, 1.82) is 0 Å². The van der Waals surface area contributed by atoms with Gasteiger partial charge >= 0.3 is 0 Å². The molecule has 1 spiro atoms. The maximum Gasteiger partial charge on any atom is 0.0447 e. The van der Waals surface area contributed by atoms with Crippen molar-refractivity contribution < 1.29 is 0 Å². The van der Waals surface area contributed by atoms with Gasteiger partial charge in [-0.05, 0) is 20.3 Å². The van der Waals surface area contributed by atoms with Crippen molar-refractivity contribution in [1.82, 2.24) is 15.5 Å². The summed E-state index contributed by atoms with van der Waals surface area (Å²) in [6.07, 6.45) is 1.30. The molecule has 0 aromatic heterocycles. The zero-order valence-electron chi connectivity index (χ0n) is 8.77. The lowest BCUT2D eigenvalue weighted by Crippen LogP contribution is -2.60. The maximum absolute atomic E-state index is 3.68. The molecule has 0 aromatic carbocycles. The summed E-state index contributed by atoms with van der Waals surface area (Å²) in [6.45, 7) is 10.5. The third-order valence-corrected chi connectivity index (χ3v) is 3.38. The first-order valence-electron chi connectivity index (χ1n) is 5.42. The van der Waals surface area contributed by atoms with Gasteiger partial charge in [-0.15, -0.1) is 0 Å². The van der Waals surface area contributed by atoms with Crippen molar-refractivity contribution in [3.63, 3.8) is 0 Å². The molecule has 2 aliphatic rings. The summed E-state index contributed by atoms with van der Waals surface area (Å²) < 4.78 is 0. The fourth-order valence-corrected chi connectivity index (χ4v) is 2.44. The van der Waals surface area contributed by atoms with Gasteiger partial charge in [0, 0.05) is 44.3 Å². The minimum atomic E-state index is 0.391. The second-order valence-corrected chi connectivity index (χ2v) is 4.70. The molecule has 2 rings (SSSR count). The maximum atomic E-state index is 3.68. The van der Waals surface area contributed by atoms with Crippen LogP contribution in [0.15, 0.2) is 0 Å². The van der Waals surface area contributed by atoms with Gasteiger partial charge in [-0.2, -0.15) is 0 Å². The second-order valence-electron chi connectivity index (χ2n) is 4.70. The van der Waals surface area contributed by atoms with Crippen LogP contribution in [0.2, 0.25) is 0 Å². The van der Waals surface area contributed by atoms with Crippen LogP contribution in [0.5, 0.6) is 0 Å². The Balaban J connectivity index is 1.94. The van der Waals surface area contributed by atoms with Gasteiger partial charge in [-0.1, -0.05) is 0 Å². The highest BCUT2D eigenvalue weighted by Gasteiger charge is 2.39. The van der Waals surface area contributed by atoms with E-state index in [1.807, 2.05) is 0 Å². The van der Waals surface area contributed by atoms with E-state index in [-0.39, 0.29) is 0 Å². The van der Waals surface area contributed by atoms with E-state index in [2.05, 4.69) is 29.4 Å². The molecule has 76 valence electrons. The zero-order valence-corrected chi connectivity index (χ0v) is 8.77. The Kier molecular flexibility index (Phi) is 2.58. The molecule has 2 aliphatic heterocycles. The van der Waals surface area contributed by atoms with E-state index in [0.717, 1.165) is 19.6 Å². The van der Waals surface area contributed by atoms with Gasteiger partial charge in [0.2, 0.25) is 0 Å². The third kappa shape index (κ3) is 1.87. The molecule has 1 unspecified atom stereocenters. The largest absolute Gasteiger partial charge is 0.314 e. The molecule has 0 aromatic rings. The lowest BCUT2D eigenvalue weighted by Gasteiger charge is -2.36. The molecule has 0 bridgehead atoms. The number of hydrogen-bond acceptors (Lipinski definition) is 3. The number of nitrogens with one attached hydrogen (secondary N) is 2. The first kappa shape index (κ1) is 9.44. The van der Waals surface area contributed by atoms with Crippen molar-refractivity contribution in [2.24, 2.45) is 0 Å². The molecule has 0 radical (unpaired) electrons. The molecule has 0 amide bonds. The van der Waals surface area contributed by atoms with Crippen molar-refractivity contribution in [3.05, 3.63) is 0 Å². The third-order valence-electron chi connectivity index (χ3n) is 3.38. The summed E-state index contributed by atoms with van der Waals surface area (Å²) in [4.78, 5) is 2.57. The summed E-state index contributed by atoms with van der Waals surface area (Å²) in [5, 5.41) is 7.16. The van der Waals surface area contributed by atoms with Crippen molar-refractivity contribution >= 4 is 0 Å². The SMILES string of the molecule is CC(C)N1CCC2(CNCCN2)C1. The monoisotopic (exact) mass is 183 g/mol. The molecule has 3 heteroatoms. The van der Waals surface area contributed by atoms with Crippen LogP contribution >= 0.6 is 0 Å². The van der Waals surface area contributed by atoms with E-state index in [9.17, 15) is 0 Å². The Hall–Kier alpha value is -0.120. The van der Waals surface area contributed by atoms with Crippen LogP contribution in [0.25, 0.3) is 0 Å². The van der Waals surface area contributed by atoms with Gasteiger partial charge in [0.15, 0.2) is 0 Å². The molecular formula is C10H21N3. The highest BCUT2D eigenvalue weighted by Crippen LogP contribution is 2.23. The molecule has 2 saturated heterocycles. The van der Waals surface area contributed by atoms with Crippen LogP contribution < -0.4 is 10.6 Å². The number of likely N-dealkylation sites (tertiary alicyclic amines) is 1. The van der Waals surface area contributed by atoms with E-state index in [1.165, 1.54) is 19.5 Å². The van der Waals surface area contributed by atoms with Crippen LogP contribution in [0, 0.1) is 0 Å². The van der Waals surface area contributed by atoms with E-state index < -0.39 is 0 Å². The molecule has 2 N–H and O–H groups in total. The molecule has 1 atom stereocenters. The van der Waals surface area contributed by atoms with Crippen LogP contribution in [-0.4, -0.2) is 49.2 Å². The zero-order chi connectivity index (χ0) is 9.31. The Morgan fingerprint density at radius 2 is 2.15 bits per heavy atom. The quantitative estimate of drug-likeness (QED) is 0.601. The number of nitrogens with zero attached hydrogens (tertiary/aromatic N) is 1. The second kappa shape index (κ2) is 3.56. The number of rotatable bonds is 1. The lowest BCUT2D eigenvalue weighted by atomic mass is 9.97.